The summed E-state index contributed by atoms with van der Waals surface area (Å²) in [6.45, 7) is 2.75. The molecule has 5 aromatic rings. The van der Waals surface area contributed by atoms with Gasteiger partial charge in [-0.3, -0.25) is 4.98 Å². The Bertz CT molecular complexity index is 1520. The maximum atomic E-state index is 5.33. The van der Waals surface area contributed by atoms with Gasteiger partial charge in [-0.25, -0.2) is 4.68 Å². The van der Waals surface area contributed by atoms with Crippen LogP contribution in [-0.4, -0.2) is 27.1 Å². The van der Waals surface area contributed by atoms with E-state index in [0.717, 1.165) is 58.4 Å². The van der Waals surface area contributed by atoms with Gasteiger partial charge in [-0.05, 0) is 77.9 Å². The Kier molecular flexibility index (Phi) is 5.10. The fraction of sp³-hybridized carbons (Fsp3) is 0.207. The van der Waals surface area contributed by atoms with Gasteiger partial charge >= 0.3 is 0 Å². The van der Waals surface area contributed by atoms with Crippen LogP contribution in [0.5, 0.6) is 5.75 Å². The number of hydrogen-bond acceptors (Lipinski definition) is 4. The normalized spacial score (nSPS) is 12.8. The van der Waals surface area contributed by atoms with Crippen molar-refractivity contribution in [1.82, 2.24) is 20.0 Å². The summed E-state index contributed by atoms with van der Waals surface area (Å²) < 4.78 is 7.25. The van der Waals surface area contributed by atoms with Gasteiger partial charge in [-0.2, -0.15) is 0 Å². The molecular formula is C29H26N4O. The molecule has 0 fully saturated rings. The summed E-state index contributed by atoms with van der Waals surface area (Å²) in [5, 5.41) is 11.2. The van der Waals surface area contributed by atoms with E-state index in [0.29, 0.717) is 6.54 Å². The minimum Gasteiger partial charge on any atom is -0.497 e. The zero-order chi connectivity index (χ0) is 23.1. The number of aryl methyl sites for hydroxylation is 3. The predicted octanol–water partition coefficient (Wildman–Crippen LogP) is 6.01. The first-order valence-electron chi connectivity index (χ1n) is 11.7. The van der Waals surface area contributed by atoms with Crippen molar-refractivity contribution >= 4 is 10.8 Å². The smallest absolute Gasteiger partial charge is 0.119 e. The van der Waals surface area contributed by atoms with Crippen molar-refractivity contribution in [3.05, 3.63) is 95.3 Å². The molecule has 5 nitrogen and oxygen atoms in total. The van der Waals surface area contributed by atoms with E-state index in [1.165, 1.54) is 22.3 Å². The number of aromatic nitrogens is 4. The van der Waals surface area contributed by atoms with Gasteiger partial charge < -0.3 is 4.74 Å². The monoisotopic (exact) mass is 446 g/mol. The molecule has 168 valence electrons. The summed E-state index contributed by atoms with van der Waals surface area (Å²) in [6.07, 6.45) is 5.32. The second-order valence-corrected chi connectivity index (χ2v) is 8.98. The van der Waals surface area contributed by atoms with E-state index in [2.05, 4.69) is 71.8 Å². The summed E-state index contributed by atoms with van der Waals surface area (Å²) in [5.74, 6) is 0.861. The van der Waals surface area contributed by atoms with Crippen molar-refractivity contribution in [3.8, 4) is 28.3 Å². The first-order valence-corrected chi connectivity index (χ1v) is 11.7. The van der Waals surface area contributed by atoms with Crippen molar-refractivity contribution < 1.29 is 4.74 Å². The van der Waals surface area contributed by atoms with E-state index in [1.807, 2.05) is 23.0 Å². The van der Waals surface area contributed by atoms with E-state index >= 15 is 0 Å². The van der Waals surface area contributed by atoms with Gasteiger partial charge in [0.1, 0.15) is 11.4 Å². The maximum absolute atomic E-state index is 5.33. The highest BCUT2D eigenvalue weighted by Crippen LogP contribution is 2.32. The molecule has 0 saturated heterocycles. The quantitative estimate of drug-likeness (QED) is 0.339. The zero-order valence-electron chi connectivity index (χ0n) is 19.5. The Hall–Kier alpha value is -3.99. The number of nitrogens with zero attached hydrogens (tertiary/aromatic N) is 4. The van der Waals surface area contributed by atoms with Crippen LogP contribution in [0.25, 0.3) is 33.3 Å². The highest BCUT2D eigenvalue weighted by Gasteiger charge is 2.18. The second kappa shape index (κ2) is 8.41. The Morgan fingerprint density at radius 2 is 1.74 bits per heavy atom. The van der Waals surface area contributed by atoms with E-state index in [9.17, 15) is 0 Å². The zero-order valence-corrected chi connectivity index (χ0v) is 19.5. The van der Waals surface area contributed by atoms with E-state index in [1.54, 1.807) is 7.11 Å². The first kappa shape index (κ1) is 20.6. The van der Waals surface area contributed by atoms with Gasteiger partial charge in [0.2, 0.25) is 0 Å². The first-order chi connectivity index (χ1) is 16.7. The van der Waals surface area contributed by atoms with Crippen molar-refractivity contribution in [1.29, 1.82) is 0 Å². The highest BCUT2D eigenvalue weighted by atomic mass is 16.5. The maximum Gasteiger partial charge on any atom is 0.119 e. The standard InChI is InChI=1S/C29H26N4O/c1-19-25(15-24-8-5-7-20-6-3-4-9-27(20)29(24)30-19)17-33-18-28(31-32-33)23-11-10-22-16-26(34-2)13-12-21(22)14-23/h3-4,6,9-16,18H,5,7-8,17H2,1-2H3. The molecule has 0 atom stereocenters. The van der Waals surface area contributed by atoms with Gasteiger partial charge in [0.15, 0.2) is 0 Å². The number of hydrogen-bond donors (Lipinski definition) is 0. The number of fused-ring (bicyclic) bond motifs is 4. The van der Waals surface area contributed by atoms with Gasteiger partial charge in [0, 0.05) is 16.8 Å². The number of rotatable bonds is 4. The SMILES string of the molecule is COc1ccc2cc(-c3cn(Cc4cc5c(nc4C)-c4ccccc4CCC5)nn3)ccc2c1. The lowest BCUT2D eigenvalue weighted by atomic mass is 9.99. The van der Waals surface area contributed by atoms with Crippen LogP contribution in [0.2, 0.25) is 0 Å². The van der Waals surface area contributed by atoms with E-state index < -0.39 is 0 Å². The molecule has 0 amide bonds. The van der Waals surface area contributed by atoms with Crippen LogP contribution in [0, 0.1) is 6.92 Å². The molecule has 0 spiro atoms. The molecular weight excluding hydrogens is 420 g/mol. The van der Waals surface area contributed by atoms with Crippen LogP contribution in [-0.2, 0) is 19.4 Å². The Morgan fingerprint density at radius 3 is 2.65 bits per heavy atom. The van der Waals surface area contributed by atoms with Crippen molar-refractivity contribution in [2.24, 2.45) is 0 Å². The summed E-state index contributed by atoms with van der Waals surface area (Å²) in [4.78, 5) is 5.05. The van der Waals surface area contributed by atoms with Crippen LogP contribution in [0.3, 0.4) is 0 Å². The van der Waals surface area contributed by atoms with Crippen molar-refractivity contribution in [3.63, 3.8) is 0 Å². The molecule has 2 aromatic heterocycles. The molecule has 1 aliphatic rings. The number of benzene rings is 3. The molecule has 6 rings (SSSR count). The number of ether oxygens (including phenoxy) is 1. The Morgan fingerprint density at radius 1 is 0.912 bits per heavy atom. The fourth-order valence-corrected chi connectivity index (χ4v) is 4.91. The third-order valence-corrected chi connectivity index (χ3v) is 6.78. The molecule has 1 aliphatic carbocycles. The topological polar surface area (TPSA) is 52.8 Å². The number of pyridine rings is 1. The molecule has 0 bridgehead atoms. The lowest BCUT2D eigenvalue weighted by Crippen LogP contribution is -2.06. The van der Waals surface area contributed by atoms with Gasteiger partial charge in [-0.15, -0.1) is 5.10 Å². The molecule has 5 heteroatoms. The molecule has 2 heterocycles. The lowest BCUT2D eigenvalue weighted by molar-refractivity contribution is 0.415. The highest BCUT2D eigenvalue weighted by molar-refractivity contribution is 5.87. The van der Waals surface area contributed by atoms with Crippen LogP contribution < -0.4 is 4.74 Å². The van der Waals surface area contributed by atoms with Crippen molar-refractivity contribution in [2.75, 3.05) is 7.11 Å². The summed E-state index contributed by atoms with van der Waals surface area (Å²) in [7, 11) is 1.69. The molecule has 0 radical (unpaired) electrons. The molecule has 34 heavy (non-hydrogen) atoms. The van der Waals surface area contributed by atoms with E-state index in [4.69, 9.17) is 9.72 Å². The Labute approximate surface area is 199 Å². The van der Waals surface area contributed by atoms with Crippen LogP contribution in [0.4, 0.5) is 0 Å². The van der Waals surface area contributed by atoms with E-state index in [-0.39, 0.29) is 0 Å². The molecule has 0 aliphatic heterocycles. The summed E-state index contributed by atoms with van der Waals surface area (Å²) >= 11 is 0. The number of methoxy groups -OCH3 is 1. The van der Waals surface area contributed by atoms with Gasteiger partial charge in [0.05, 0.1) is 25.5 Å². The predicted molar refractivity (Wildman–Crippen MR) is 135 cm³/mol. The van der Waals surface area contributed by atoms with Crippen LogP contribution in [0.1, 0.15) is 28.8 Å². The third-order valence-electron chi connectivity index (χ3n) is 6.78. The molecule has 3 aromatic carbocycles. The molecule has 0 N–H and O–H groups in total. The fourth-order valence-electron chi connectivity index (χ4n) is 4.91. The van der Waals surface area contributed by atoms with Gasteiger partial charge in [-0.1, -0.05) is 47.7 Å². The molecule has 0 unspecified atom stereocenters. The molecule has 0 saturated carbocycles. The average Bonchev–Trinajstić information content (AvgIpc) is 3.26. The third kappa shape index (κ3) is 3.73. The average molecular weight is 447 g/mol. The Balaban J connectivity index is 1.29. The largest absolute Gasteiger partial charge is 0.497 e. The summed E-state index contributed by atoms with van der Waals surface area (Å²) in [6, 6.07) is 23.4. The van der Waals surface area contributed by atoms with Crippen LogP contribution in [0.15, 0.2) is 72.9 Å². The minimum absolute atomic E-state index is 0.658. The van der Waals surface area contributed by atoms with Gasteiger partial charge in [0.25, 0.3) is 0 Å². The minimum atomic E-state index is 0.658. The summed E-state index contributed by atoms with van der Waals surface area (Å²) in [5.41, 5.74) is 9.31. The van der Waals surface area contributed by atoms with Crippen LogP contribution >= 0.6 is 0 Å². The lowest BCUT2D eigenvalue weighted by Gasteiger charge is -2.13. The van der Waals surface area contributed by atoms with Crippen molar-refractivity contribution in [2.45, 2.75) is 32.7 Å². The second-order valence-electron chi connectivity index (χ2n) is 8.98.